The van der Waals surface area contributed by atoms with Gasteiger partial charge in [0.1, 0.15) is 5.82 Å². The van der Waals surface area contributed by atoms with Crippen molar-refractivity contribution in [1.82, 2.24) is 4.90 Å². The molecule has 0 amide bonds. The standard InChI is InChI=1S/C12H19FN2S/c1-15(9-10-16-2)8-7-14-12-6-4-3-5-11(12)13/h3-6,14H,7-10H2,1-2H3. The van der Waals surface area contributed by atoms with Crippen molar-refractivity contribution in [2.75, 3.05) is 44.0 Å². The van der Waals surface area contributed by atoms with Crippen molar-refractivity contribution in [3.8, 4) is 0 Å². The van der Waals surface area contributed by atoms with Crippen molar-refractivity contribution < 1.29 is 4.39 Å². The van der Waals surface area contributed by atoms with Crippen molar-refractivity contribution in [1.29, 1.82) is 0 Å². The number of rotatable bonds is 7. The fraction of sp³-hybridized carbons (Fsp3) is 0.500. The lowest BCUT2D eigenvalue weighted by Gasteiger charge is -2.16. The number of nitrogens with one attached hydrogen (secondary N) is 1. The molecule has 0 spiro atoms. The van der Waals surface area contributed by atoms with Crippen LogP contribution < -0.4 is 5.32 Å². The average Bonchev–Trinajstić information content (AvgIpc) is 2.29. The Hall–Kier alpha value is -0.740. The first-order chi connectivity index (χ1) is 7.74. The van der Waals surface area contributed by atoms with E-state index in [1.54, 1.807) is 12.1 Å². The lowest BCUT2D eigenvalue weighted by atomic mass is 10.3. The van der Waals surface area contributed by atoms with Crippen LogP contribution in [0.5, 0.6) is 0 Å². The fourth-order valence-electron chi connectivity index (χ4n) is 1.34. The maximum absolute atomic E-state index is 13.2. The maximum atomic E-state index is 13.2. The van der Waals surface area contributed by atoms with E-state index in [-0.39, 0.29) is 5.82 Å². The van der Waals surface area contributed by atoms with Crippen molar-refractivity contribution in [3.63, 3.8) is 0 Å². The van der Waals surface area contributed by atoms with E-state index in [9.17, 15) is 4.39 Å². The molecule has 1 aromatic carbocycles. The summed E-state index contributed by atoms with van der Waals surface area (Å²) < 4.78 is 13.2. The van der Waals surface area contributed by atoms with Crippen LogP contribution in [0.2, 0.25) is 0 Å². The van der Waals surface area contributed by atoms with E-state index in [2.05, 4.69) is 23.5 Å². The Labute approximate surface area is 101 Å². The molecule has 0 bridgehead atoms. The Morgan fingerprint density at radius 2 is 2.06 bits per heavy atom. The Morgan fingerprint density at radius 1 is 1.31 bits per heavy atom. The molecule has 0 aliphatic rings. The van der Waals surface area contributed by atoms with Gasteiger partial charge in [0.25, 0.3) is 0 Å². The largest absolute Gasteiger partial charge is 0.381 e. The number of benzene rings is 1. The third-order valence-corrected chi connectivity index (χ3v) is 2.95. The minimum Gasteiger partial charge on any atom is -0.381 e. The van der Waals surface area contributed by atoms with Crippen molar-refractivity contribution in [3.05, 3.63) is 30.1 Å². The van der Waals surface area contributed by atoms with Gasteiger partial charge in [-0.15, -0.1) is 0 Å². The highest BCUT2D eigenvalue weighted by Crippen LogP contribution is 2.11. The number of thioether (sulfide) groups is 1. The van der Waals surface area contributed by atoms with Gasteiger partial charge in [-0.3, -0.25) is 0 Å². The summed E-state index contributed by atoms with van der Waals surface area (Å²) in [5, 5.41) is 3.10. The maximum Gasteiger partial charge on any atom is 0.146 e. The van der Waals surface area contributed by atoms with E-state index in [1.807, 2.05) is 17.8 Å². The van der Waals surface area contributed by atoms with Crippen LogP contribution in [0.15, 0.2) is 24.3 Å². The van der Waals surface area contributed by atoms with E-state index < -0.39 is 0 Å². The number of likely N-dealkylation sites (N-methyl/N-ethyl adjacent to an activating group) is 1. The van der Waals surface area contributed by atoms with Gasteiger partial charge in [0, 0.05) is 25.4 Å². The first-order valence-corrected chi connectivity index (χ1v) is 6.79. The molecule has 0 aromatic heterocycles. The molecule has 90 valence electrons. The molecule has 0 aliphatic carbocycles. The van der Waals surface area contributed by atoms with Crippen molar-refractivity contribution >= 4 is 17.4 Å². The Morgan fingerprint density at radius 3 is 2.75 bits per heavy atom. The van der Waals surface area contributed by atoms with Crippen LogP contribution >= 0.6 is 11.8 Å². The summed E-state index contributed by atoms with van der Waals surface area (Å²) in [6.07, 6.45) is 2.10. The van der Waals surface area contributed by atoms with Crippen LogP contribution in [0, 0.1) is 5.82 Å². The number of hydrogen-bond acceptors (Lipinski definition) is 3. The topological polar surface area (TPSA) is 15.3 Å². The third kappa shape index (κ3) is 4.86. The van der Waals surface area contributed by atoms with E-state index in [0.717, 1.165) is 25.4 Å². The molecule has 0 heterocycles. The van der Waals surface area contributed by atoms with E-state index in [1.165, 1.54) is 6.07 Å². The van der Waals surface area contributed by atoms with Gasteiger partial charge >= 0.3 is 0 Å². The van der Waals surface area contributed by atoms with Gasteiger partial charge in [-0.1, -0.05) is 12.1 Å². The fourth-order valence-corrected chi connectivity index (χ4v) is 1.84. The number of anilines is 1. The molecule has 0 fully saturated rings. The second-order valence-corrected chi connectivity index (χ2v) is 4.69. The molecular formula is C12H19FN2S. The van der Waals surface area contributed by atoms with Gasteiger partial charge < -0.3 is 10.2 Å². The summed E-state index contributed by atoms with van der Waals surface area (Å²) in [5.41, 5.74) is 0.584. The zero-order chi connectivity index (χ0) is 11.8. The first kappa shape index (κ1) is 13.3. The molecule has 0 aliphatic heterocycles. The Bertz CT molecular complexity index is 307. The molecule has 0 saturated heterocycles. The van der Waals surface area contributed by atoms with Crippen molar-refractivity contribution in [2.45, 2.75) is 0 Å². The lowest BCUT2D eigenvalue weighted by molar-refractivity contribution is 0.370. The van der Waals surface area contributed by atoms with Gasteiger partial charge in [0.05, 0.1) is 5.69 Å². The minimum absolute atomic E-state index is 0.186. The Kier molecular flexibility index (Phi) is 6.26. The highest BCUT2D eigenvalue weighted by molar-refractivity contribution is 7.98. The highest BCUT2D eigenvalue weighted by atomic mass is 32.2. The van der Waals surface area contributed by atoms with Gasteiger partial charge in [-0.25, -0.2) is 4.39 Å². The highest BCUT2D eigenvalue weighted by Gasteiger charge is 2.00. The average molecular weight is 242 g/mol. The number of halogens is 1. The summed E-state index contributed by atoms with van der Waals surface area (Å²) in [7, 11) is 2.08. The number of nitrogens with zero attached hydrogens (tertiary/aromatic N) is 1. The smallest absolute Gasteiger partial charge is 0.146 e. The molecule has 4 heteroatoms. The van der Waals surface area contributed by atoms with Crippen LogP contribution in [-0.2, 0) is 0 Å². The summed E-state index contributed by atoms with van der Waals surface area (Å²) in [6.45, 7) is 2.76. The normalized spacial score (nSPS) is 10.8. The summed E-state index contributed by atoms with van der Waals surface area (Å²) in [5.74, 6) is 0.949. The van der Waals surface area contributed by atoms with Gasteiger partial charge in [0.15, 0.2) is 0 Å². The number of hydrogen-bond donors (Lipinski definition) is 1. The molecule has 0 saturated carbocycles. The zero-order valence-electron chi connectivity index (χ0n) is 9.87. The third-order valence-electron chi connectivity index (χ3n) is 2.36. The molecule has 2 nitrogen and oxygen atoms in total. The number of para-hydroxylation sites is 1. The Balaban J connectivity index is 2.23. The van der Waals surface area contributed by atoms with Gasteiger partial charge in [-0.2, -0.15) is 11.8 Å². The quantitative estimate of drug-likeness (QED) is 0.791. The SMILES string of the molecule is CSCCN(C)CCNc1ccccc1F. The molecule has 16 heavy (non-hydrogen) atoms. The minimum atomic E-state index is -0.186. The van der Waals surface area contributed by atoms with Gasteiger partial charge in [0.2, 0.25) is 0 Å². The monoisotopic (exact) mass is 242 g/mol. The van der Waals surface area contributed by atoms with Crippen LogP contribution in [0.25, 0.3) is 0 Å². The van der Waals surface area contributed by atoms with Gasteiger partial charge in [-0.05, 0) is 25.4 Å². The van der Waals surface area contributed by atoms with Crippen LogP contribution in [-0.4, -0.2) is 43.6 Å². The molecule has 0 unspecified atom stereocenters. The van der Waals surface area contributed by atoms with Crippen LogP contribution in [0.4, 0.5) is 10.1 Å². The van der Waals surface area contributed by atoms with E-state index >= 15 is 0 Å². The predicted octanol–water partition coefficient (Wildman–Crippen LogP) is 2.53. The zero-order valence-corrected chi connectivity index (χ0v) is 10.7. The second kappa shape index (κ2) is 7.52. The second-order valence-electron chi connectivity index (χ2n) is 3.70. The predicted molar refractivity (Wildman–Crippen MR) is 70.8 cm³/mol. The molecule has 0 atom stereocenters. The molecular weight excluding hydrogens is 223 g/mol. The molecule has 1 rings (SSSR count). The summed E-state index contributed by atoms with van der Waals surface area (Å²) >= 11 is 1.84. The van der Waals surface area contributed by atoms with Crippen LogP contribution in [0.3, 0.4) is 0 Å². The summed E-state index contributed by atoms with van der Waals surface area (Å²) in [4.78, 5) is 2.24. The first-order valence-electron chi connectivity index (χ1n) is 5.40. The van der Waals surface area contributed by atoms with E-state index in [4.69, 9.17) is 0 Å². The molecule has 1 N–H and O–H groups in total. The van der Waals surface area contributed by atoms with Crippen molar-refractivity contribution in [2.24, 2.45) is 0 Å². The van der Waals surface area contributed by atoms with Crippen LogP contribution in [0.1, 0.15) is 0 Å². The summed E-state index contributed by atoms with van der Waals surface area (Å²) in [6, 6.07) is 6.77. The molecule has 1 aromatic rings. The molecule has 0 radical (unpaired) electrons. The lowest BCUT2D eigenvalue weighted by Crippen LogP contribution is -2.27. The van der Waals surface area contributed by atoms with E-state index in [0.29, 0.717) is 5.69 Å².